The van der Waals surface area contributed by atoms with E-state index in [4.69, 9.17) is 13.9 Å². The van der Waals surface area contributed by atoms with Gasteiger partial charge in [-0.2, -0.15) is 0 Å². The highest BCUT2D eigenvalue weighted by molar-refractivity contribution is 7.98. The first-order chi connectivity index (χ1) is 14.2. The molecule has 2 saturated heterocycles. The van der Waals surface area contributed by atoms with E-state index in [1.807, 2.05) is 0 Å². The summed E-state index contributed by atoms with van der Waals surface area (Å²) in [6.45, 7) is 5.87. The number of anilines is 1. The second kappa shape index (κ2) is 9.21. The van der Waals surface area contributed by atoms with Gasteiger partial charge in [0.05, 0.1) is 31.8 Å². The molecule has 2 aliphatic heterocycles. The summed E-state index contributed by atoms with van der Waals surface area (Å²) in [6.07, 6.45) is 6.21. The Labute approximate surface area is 174 Å². The van der Waals surface area contributed by atoms with E-state index in [2.05, 4.69) is 26.6 Å². The topological polar surface area (TPSA) is 82.6 Å². The molecule has 1 atom stereocenters. The summed E-state index contributed by atoms with van der Waals surface area (Å²) >= 11 is 1.52. The van der Waals surface area contributed by atoms with Crippen molar-refractivity contribution in [2.45, 2.75) is 56.2 Å². The van der Waals surface area contributed by atoms with Gasteiger partial charge in [0, 0.05) is 19.7 Å². The number of methoxy groups -OCH3 is 1. The second-order valence-corrected chi connectivity index (χ2v) is 8.68. The quantitative estimate of drug-likeness (QED) is 0.498. The third kappa shape index (κ3) is 4.61. The number of hydrogen-bond donors (Lipinski definition) is 0. The highest BCUT2D eigenvalue weighted by Gasteiger charge is 2.26. The molecule has 0 amide bonds. The Morgan fingerprint density at radius 3 is 2.86 bits per heavy atom. The molecule has 8 nitrogen and oxygen atoms in total. The third-order valence-electron chi connectivity index (χ3n) is 5.66. The molecule has 0 aliphatic carbocycles. The number of nitrogens with zero attached hydrogens (tertiary/aromatic N) is 4. The molecule has 0 radical (unpaired) electrons. The van der Waals surface area contributed by atoms with Gasteiger partial charge in [-0.3, -0.25) is 4.57 Å². The van der Waals surface area contributed by atoms with Gasteiger partial charge >= 0.3 is 5.97 Å². The number of rotatable bonds is 7. The van der Waals surface area contributed by atoms with Crippen molar-refractivity contribution < 1.29 is 18.7 Å². The molecule has 2 aliphatic rings. The molecule has 158 valence electrons. The highest BCUT2D eigenvalue weighted by atomic mass is 32.2. The normalized spacial score (nSPS) is 20.3. The second-order valence-electron chi connectivity index (χ2n) is 7.74. The summed E-state index contributed by atoms with van der Waals surface area (Å²) in [4.78, 5) is 14.2. The summed E-state index contributed by atoms with van der Waals surface area (Å²) in [5.74, 6) is 2.35. The van der Waals surface area contributed by atoms with Gasteiger partial charge in [-0.25, -0.2) is 4.79 Å². The Bertz CT molecular complexity index is 822. The van der Waals surface area contributed by atoms with Crippen molar-refractivity contribution in [1.29, 1.82) is 0 Å². The van der Waals surface area contributed by atoms with E-state index in [1.54, 1.807) is 6.07 Å². The van der Waals surface area contributed by atoms with Crippen molar-refractivity contribution in [3.8, 4) is 0 Å². The number of thioether (sulfide) groups is 1. The van der Waals surface area contributed by atoms with Crippen molar-refractivity contribution in [2.24, 2.45) is 5.92 Å². The maximum Gasteiger partial charge on any atom is 0.341 e. The van der Waals surface area contributed by atoms with Crippen LogP contribution in [0.1, 0.15) is 48.7 Å². The Kier molecular flexibility index (Phi) is 6.44. The van der Waals surface area contributed by atoms with Gasteiger partial charge in [0.1, 0.15) is 11.3 Å². The van der Waals surface area contributed by atoms with E-state index in [0.717, 1.165) is 56.1 Å². The van der Waals surface area contributed by atoms with Gasteiger partial charge in [-0.15, -0.1) is 10.2 Å². The summed E-state index contributed by atoms with van der Waals surface area (Å²) < 4.78 is 18.4. The lowest BCUT2D eigenvalue weighted by molar-refractivity contribution is 0.0598. The largest absolute Gasteiger partial charge is 0.468 e. The minimum Gasteiger partial charge on any atom is -0.468 e. The fourth-order valence-corrected chi connectivity index (χ4v) is 4.75. The molecular weight excluding hydrogens is 392 g/mol. The molecule has 0 saturated carbocycles. The van der Waals surface area contributed by atoms with Crippen LogP contribution in [-0.4, -0.2) is 53.6 Å². The molecule has 1 unspecified atom stereocenters. The zero-order valence-electron chi connectivity index (χ0n) is 17.0. The lowest BCUT2D eigenvalue weighted by atomic mass is 10.00. The van der Waals surface area contributed by atoms with Gasteiger partial charge < -0.3 is 18.8 Å². The fourth-order valence-electron chi connectivity index (χ4n) is 3.86. The summed E-state index contributed by atoms with van der Waals surface area (Å²) in [5.41, 5.74) is 0.454. The van der Waals surface area contributed by atoms with E-state index in [0.29, 0.717) is 17.1 Å². The van der Waals surface area contributed by atoms with Crippen LogP contribution in [0.5, 0.6) is 0 Å². The number of carbonyl (C=O) groups is 1. The van der Waals surface area contributed by atoms with Gasteiger partial charge in [-0.1, -0.05) is 18.7 Å². The molecule has 4 rings (SSSR count). The standard InChI is InChI=1S/C20H28N4O4S/c1-14-5-8-23(9-6-14)19-21-22-20(24(19)12-15-4-3-10-27-15)29-13-17-16(7-11-28-17)18(25)26-2/h7,11,14-15H,3-6,8-10,12-13H2,1-2H3. The van der Waals surface area contributed by atoms with Crippen molar-refractivity contribution in [3.05, 3.63) is 23.7 Å². The Hall–Kier alpha value is -2.00. The predicted molar refractivity (Wildman–Crippen MR) is 109 cm³/mol. The molecule has 2 aromatic rings. The summed E-state index contributed by atoms with van der Waals surface area (Å²) in [6, 6.07) is 1.64. The van der Waals surface area contributed by atoms with Crippen LogP contribution in [0, 0.1) is 5.92 Å². The average Bonchev–Trinajstić information content (AvgIpc) is 3.48. The monoisotopic (exact) mass is 420 g/mol. The van der Waals surface area contributed by atoms with Gasteiger partial charge in [0.15, 0.2) is 5.16 Å². The van der Waals surface area contributed by atoms with E-state index in [9.17, 15) is 4.79 Å². The molecule has 2 aromatic heterocycles. The summed E-state index contributed by atoms with van der Waals surface area (Å²) in [5, 5.41) is 9.81. The van der Waals surface area contributed by atoms with E-state index < -0.39 is 5.97 Å². The van der Waals surface area contributed by atoms with Gasteiger partial charge in [0.2, 0.25) is 5.95 Å². The van der Waals surface area contributed by atoms with Crippen LogP contribution >= 0.6 is 11.8 Å². The maximum atomic E-state index is 11.9. The highest BCUT2D eigenvalue weighted by Crippen LogP contribution is 2.30. The number of piperidine rings is 1. The first kappa shape index (κ1) is 20.3. The first-order valence-corrected chi connectivity index (χ1v) is 11.2. The predicted octanol–water partition coefficient (Wildman–Crippen LogP) is 3.37. The van der Waals surface area contributed by atoms with Crippen LogP contribution in [0.25, 0.3) is 0 Å². The van der Waals surface area contributed by atoms with Crippen LogP contribution in [0.15, 0.2) is 21.9 Å². The van der Waals surface area contributed by atoms with E-state index >= 15 is 0 Å². The van der Waals surface area contributed by atoms with Gasteiger partial charge in [-0.05, 0) is 37.7 Å². The molecule has 0 aromatic carbocycles. The molecule has 29 heavy (non-hydrogen) atoms. The average molecular weight is 421 g/mol. The number of aromatic nitrogens is 3. The minimum absolute atomic E-state index is 0.196. The first-order valence-electron chi connectivity index (χ1n) is 10.2. The van der Waals surface area contributed by atoms with Crippen LogP contribution in [-0.2, 0) is 21.8 Å². The smallest absolute Gasteiger partial charge is 0.341 e. The van der Waals surface area contributed by atoms with Crippen molar-refractivity contribution in [3.63, 3.8) is 0 Å². The number of carbonyl (C=O) groups excluding carboxylic acids is 1. The lowest BCUT2D eigenvalue weighted by Crippen LogP contribution is -2.35. The number of furan rings is 1. The van der Waals surface area contributed by atoms with Crippen molar-refractivity contribution in [1.82, 2.24) is 14.8 Å². The van der Waals surface area contributed by atoms with Crippen LogP contribution in [0.4, 0.5) is 5.95 Å². The molecule has 4 heterocycles. The molecule has 0 bridgehead atoms. The van der Waals surface area contributed by atoms with Crippen LogP contribution < -0.4 is 4.90 Å². The molecule has 2 fully saturated rings. The van der Waals surface area contributed by atoms with Crippen molar-refractivity contribution >= 4 is 23.7 Å². The Morgan fingerprint density at radius 1 is 1.31 bits per heavy atom. The van der Waals surface area contributed by atoms with Crippen LogP contribution in [0.2, 0.25) is 0 Å². The molecule has 0 spiro atoms. The number of ether oxygens (including phenoxy) is 2. The zero-order chi connectivity index (χ0) is 20.2. The molecule has 9 heteroatoms. The molecular formula is C20H28N4O4S. The Balaban J connectivity index is 1.52. The van der Waals surface area contributed by atoms with E-state index in [1.165, 1.54) is 38.0 Å². The number of hydrogen-bond acceptors (Lipinski definition) is 8. The van der Waals surface area contributed by atoms with Gasteiger partial charge in [0.25, 0.3) is 0 Å². The maximum absolute atomic E-state index is 11.9. The zero-order valence-corrected chi connectivity index (χ0v) is 17.8. The summed E-state index contributed by atoms with van der Waals surface area (Å²) in [7, 11) is 1.37. The van der Waals surface area contributed by atoms with E-state index in [-0.39, 0.29) is 6.10 Å². The Morgan fingerprint density at radius 2 is 2.14 bits per heavy atom. The SMILES string of the molecule is COC(=O)c1ccoc1CSc1nnc(N2CCC(C)CC2)n1CC1CCCO1. The third-order valence-corrected chi connectivity index (χ3v) is 6.62. The fraction of sp³-hybridized carbons (Fsp3) is 0.650. The lowest BCUT2D eigenvalue weighted by Gasteiger charge is -2.31. The molecule has 0 N–H and O–H groups in total. The minimum atomic E-state index is -0.390. The number of esters is 1. The van der Waals surface area contributed by atoms with Crippen molar-refractivity contribution in [2.75, 3.05) is 31.7 Å². The van der Waals surface area contributed by atoms with Crippen LogP contribution in [0.3, 0.4) is 0 Å².